The lowest BCUT2D eigenvalue weighted by Gasteiger charge is -2.41. The Morgan fingerprint density at radius 3 is 2.63 bits per heavy atom. The summed E-state index contributed by atoms with van der Waals surface area (Å²) in [5, 5.41) is 13.2. The highest BCUT2D eigenvalue weighted by Crippen LogP contribution is 2.28. The summed E-state index contributed by atoms with van der Waals surface area (Å²) >= 11 is 12.1. The average Bonchev–Trinajstić information content (AvgIpc) is 2.90. The number of fused-ring (bicyclic) bond motifs is 1. The number of piperazine rings is 1. The second-order valence-corrected chi connectivity index (χ2v) is 10.0. The van der Waals surface area contributed by atoms with Crippen molar-refractivity contribution in [1.82, 2.24) is 15.1 Å². The third-order valence-corrected chi connectivity index (χ3v) is 7.13. The number of carbonyl (C=O) groups is 2. The van der Waals surface area contributed by atoms with Crippen LogP contribution in [0, 0.1) is 5.41 Å². The van der Waals surface area contributed by atoms with Gasteiger partial charge >= 0.3 is 0 Å². The van der Waals surface area contributed by atoms with Gasteiger partial charge in [0.25, 0.3) is 5.91 Å². The van der Waals surface area contributed by atoms with Crippen molar-refractivity contribution in [3.05, 3.63) is 76.3 Å². The second kappa shape index (κ2) is 12.8. The minimum atomic E-state index is -0.620. The topological polar surface area (TPSA) is 112 Å². The van der Waals surface area contributed by atoms with E-state index in [-0.39, 0.29) is 24.4 Å². The minimum absolute atomic E-state index is 0.0854. The van der Waals surface area contributed by atoms with Crippen molar-refractivity contribution in [1.29, 1.82) is 5.41 Å². The van der Waals surface area contributed by atoms with Gasteiger partial charge in [-0.15, -0.1) is 0 Å². The van der Waals surface area contributed by atoms with Gasteiger partial charge in [0.15, 0.2) is 12.6 Å². The summed E-state index contributed by atoms with van der Waals surface area (Å²) < 4.78 is 5.65. The zero-order chi connectivity index (χ0) is 27.1. The van der Waals surface area contributed by atoms with E-state index in [1.807, 2.05) is 17.0 Å². The van der Waals surface area contributed by atoms with Crippen molar-refractivity contribution in [2.45, 2.75) is 25.3 Å². The molecule has 0 unspecified atom stereocenters. The molecule has 0 spiro atoms. The molecule has 200 valence electrons. The normalized spacial score (nSPS) is 15.5. The summed E-state index contributed by atoms with van der Waals surface area (Å²) in [6.45, 7) is 1.62. The largest absolute Gasteiger partial charge is 0.482 e. The van der Waals surface area contributed by atoms with Crippen LogP contribution in [0.2, 0.25) is 10.0 Å². The molecule has 1 heterocycles. The summed E-state index contributed by atoms with van der Waals surface area (Å²) in [6, 6.07) is 18.7. The van der Waals surface area contributed by atoms with Crippen molar-refractivity contribution in [3.8, 4) is 5.75 Å². The number of nitrogens with one attached hydrogen (secondary N) is 2. The molecule has 0 saturated carbocycles. The molecule has 0 aliphatic carbocycles. The molecule has 4 N–H and O–H groups in total. The molecule has 3 aromatic rings. The number of nitrogens with zero attached hydrogens (tertiary/aromatic N) is 2. The summed E-state index contributed by atoms with van der Waals surface area (Å²) in [5.41, 5.74) is 6.54. The first-order chi connectivity index (χ1) is 18.3. The van der Waals surface area contributed by atoms with Crippen LogP contribution in [0.15, 0.2) is 60.7 Å². The lowest BCUT2D eigenvalue weighted by molar-refractivity contribution is -0.152. The first-order valence-electron chi connectivity index (χ1n) is 12.5. The Balaban J connectivity index is 1.40. The molecule has 10 heteroatoms. The predicted octanol–water partition coefficient (Wildman–Crippen LogP) is 4.07. The fourth-order valence-corrected chi connectivity index (χ4v) is 5.09. The van der Waals surface area contributed by atoms with Gasteiger partial charge in [0.2, 0.25) is 5.91 Å². The van der Waals surface area contributed by atoms with Crippen molar-refractivity contribution in [2.75, 3.05) is 32.8 Å². The molecule has 0 bridgehead atoms. The molecule has 1 aliphatic heterocycles. The molecule has 3 aromatic carbocycles. The van der Waals surface area contributed by atoms with Crippen LogP contribution in [0.5, 0.6) is 5.75 Å². The number of amides is 2. The van der Waals surface area contributed by atoms with Gasteiger partial charge in [-0.25, -0.2) is 0 Å². The van der Waals surface area contributed by atoms with Gasteiger partial charge in [0.1, 0.15) is 11.8 Å². The first kappa shape index (κ1) is 27.5. The van der Waals surface area contributed by atoms with Crippen LogP contribution in [-0.4, -0.2) is 66.4 Å². The fourth-order valence-electron chi connectivity index (χ4n) is 4.63. The van der Waals surface area contributed by atoms with Crippen LogP contribution in [0.1, 0.15) is 18.4 Å². The standard InChI is InChI=1S/C28H31Cl2N5O3/c29-22-9-10-25(23(30)17-22)38-18-26(36)35-15-14-34(27(37)24(35)6-3-12-33-28(31)32)13-11-19-7-8-20-4-1-2-5-21(20)16-19/h1-2,4-5,7-10,16-17,24H,3,6,11-15,18H2,(H4,31,32,33)/t24-/m0/s1. The number of ether oxygens (including phenoxy) is 1. The quantitative estimate of drug-likeness (QED) is 0.198. The summed E-state index contributed by atoms with van der Waals surface area (Å²) in [6.07, 6.45) is 1.74. The molecule has 1 saturated heterocycles. The van der Waals surface area contributed by atoms with Crippen LogP contribution in [0.3, 0.4) is 0 Å². The van der Waals surface area contributed by atoms with Crippen LogP contribution in [0.25, 0.3) is 10.8 Å². The molecule has 38 heavy (non-hydrogen) atoms. The average molecular weight is 556 g/mol. The number of hydrogen-bond acceptors (Lipinski definition) is 4. The van der Waals surface area contributed by atoms with Crippen LogP contribution in [0.4, 0.5) is 0 Å². The molecule has 4 rings (SSSR count). The number of rotatable bonds is 10. The van der Waals surface area contributed by atoms with Crippen molar-refractivity contribution in [2.24, 2.45) is 5.73 Å². The summed E-state index contributed by atoms with van der Waals surface area (Å²) in [4.78, 5) is 30.1. The maximum atomic E-state index is 13.5. The van der Waals surface area contributed by atoms with E-state index in [1.165, 1.54) is 10.8 Å². The Labute approximate surface area is 232 Å². The highest BCUT2D eigenvalue weighted by Gasteiger charge is 2.37. The van der Waals surface area contributed by atoms with Crippen molar-refractivity contribution >= 4 is 51.7 Å². The van der Waals surface area contributed by atoms with Crippen LogP contribution >= 0.6 is 23.2 Å². The van der Waals surface area contributed by atoms with E-state index >= 15 is 0 Å². The van der Waals surface area contributed by atoms with Gasteiger partial charge in [0, 0.05) is 31.2 Å². The van der Waals surface area contributed by atoms with Crippen molar-refractivity contribution in [3.63, 3.8) is 0 Å². The lowest BCUT2D eigenvalue weighted by Crippen LogP contribution is -2.59. The van der Waals surface area contributed by atoms with E-state index in [0.717, 1.165) is 12.0 Å². The zero-order valence-corrected chi connectivity index (χ0v) is 22.5. The highest BCUT2D eigenvalue weighted by molar-refractivity contribution is 6.35. The van der Waals surface area contributed by atoms with Gasteiger partial charge in [-0.05, 0) is 53.8 Å². The number of benzene rings is 3. The van der Waals surface area contributed by atoms with E-state index in [4.69, 9.17) is 39.1 Å². The number of halogens is 2. The van der Waals surface area contributed by atoms with E-state index < -0.39 is 6.04 Å². The highest BCUT2D eigenvalue weighted by atomic mass is 35.5. The Kier molecular flexibility index (Phi) is 9.31. The third-order valence-electron chi connectivity index (χ3n) is 6.60. The van der Waals surface area contributed by atoms with Crippen LogP contribution in [-0.2, 0) is 16.0 Å². The van der Waals surface area contributed by atoms with E-state index in [1.54, 1.807) is 23.1 Å². The number of nitrogens with two attached hydrogens (primary N) is 1. The molecule has 8 nitrogen and oxygen atoms in total. The summed E-state index contributed by atoms with van der Waals surface area (Å²) in [5.74, 6) is -0.147. The van der Waals surface area contributed by atoms with Gasteiger partial charge in [-0.1, -0.05) is 65.7 Å². The molecule has 1 aliphatic rings. The zero-order valence-electron chi connectivity index (χ0n) is 21.0. The Hall–Kier alpha value is -3.49. The predicted molar refractivity (Wildman–Crippen MR) is 151 cm³/mol. The number of guanidine groups is 1. The minimum Gasteiger partial charge on any atom is -0.482 e. The number of hydrogen-bond donors (Lipinski definition) is 3. The monoisotopic (exact) mass is 555 g/mol. The van der Waals surface area contributed by atoms with Gasteiger partial charge in [-0.2, -0.15) is 0 Å². The smallest absolute Gasteiger partial charge is 0.261 e. The van der Waals surface area contributed by atoms with E-state index in [2.05, 4.69) is 35.6 Å². The van der Waals surface area contributed by atoms with Crippen LogP contribution < -0.4 is 15.8 Å². The van der Waals surface area contributed by atoms with Gasteiger partial charge in [-0.3, -0.25) is 15.0 Å². The van der Waals surface area contributed by atoms with E-state index in [9.17, 15) is 9.59 Å². The van der Waals surface area contributed by atoms with E-state index in [0.29, 0.717) is 54.8 Å². The molecule has 2 amide bonds. The van der Waals surface area contributed by atoms with Gasteiger partial charge < -0.3 is 25.6 Å². The first-order valence-corrected chi connectivity index (χ1v) is 13.3. The van der Waals surface area contributed by atoms with Crippen molar-refractivity contribution < 1.29 is 14.3 Å². The SMILES string of the molecule is N=C(N)NCCC[C@H]1C(=O)N(CCc2ccc3ccccc3c2)CCN1C(=O)COc1ccc(Cl)cc1Cl. The fraction of sp³-hybridized carbons (Fsp3) is 0.321. The Morgan fingerprint density at radius 2 is 1.87 bits per heavy atom. The molecule has 0 aromatic heterocycles. The lowest BCUT2D eigenvalue weighted by atomic mass is 10.0. The molecular weight excluding hydrogens is 525 g/mol. The molecule has 1 atom stereocenters. The van der Waals surface area contributed by atoms with Gasteiger partial charge in [0.05, 0.1) is 5.02 Å². The maximum Gasteiger partial charge on any atom is 0.261 e. The molecule has 0 radical (unpaired) electrons. The maximum absolute atomic E-state index is 13.5. The summed E-state index contributed by atoms with van der Waals surface area (Å²) in [7, 11) is 0. The number of carbonyl (C=O) groups excluding carboxylic acids is 2. The molecule has 1 fully saturated rings. The Morgan fingerprint density at radius 1 is 1.08 bits per heavy atom. The Bertz CT molecular complexity index is 1320. The third kappa shape index (κ3) is 7.08. The second-order valence-electron chi connectivity index (χ2n) is 9.21. The molecular formula is C28H31Cl2N5O3.